The molecule has 0 spiro atoms. The smallest absolute Gasteiger partial charge is 0.210 e. The summed E-state index contributed by atoms with van der Waals surface area (Å²) in [6, 6.07) is 20.8. The third-order valence-electron chi connectivity index (χ3n) is 3.98. The summed E-state index contributed by atoms with van der Waals surface area (Å²) in [6.07, 6.45) is 1.64. The van der Waals surface area contributed by atoms with Crippen LogP contribution in [0.2, 0.25) is 0 Å². The zero-order valence-corrected chi connectivity index (χ0v) is 18.9. The maximum absolute atomic E-state index is 9.89. The van der Waals surface area contributed by atoms with Crippen LogP contribution in [0.4, 0.5) is 16.5 Å². The Labute approximate surface area is 188 Å². The van der Waals surface area contributed by atoms with Crippen molar-refractivity contribution in [2.24, 2.45) is 4.99 Å². The van der Waals surface area contributed by atoms with Gasteiger partial charge < -0.3 is 10.4 Å². The quantitative estimate of drug-likeness (QED) is 0.275. The van der Waals surface area contributed by atoms with E-state index in [0.29, 0.717) is 5.56 Å². The lowest BCUT2D eigenvalue weighted by atomic mass is 10.2. The predicted molar refractivity (Wildman–Crippen MR) is 126 cm³/mol. The minimum atomic E-state index is 0.188. The van der Waals surface area contributed by atoms with Gasteiger partial charge in [-0.15, -0.1) is 10.2 Å². The molecule has 0 bridgehead atoms. The average molecular weight is 530 g/mol. The molecule has 0 saturated heterocycles. The molecule has 8 heteroatoms. The number of nitrogens with zero attached hydrogens (tertiary/aromatic N) is 3. The molecule has 2 N–H and O–H groups in total. The Hall–Kier alpha value is -2.55. The fourth-order valence-electron chi connectivity index (χ4n) is 2.51. The second-order valence-electron chi connectivity index (χ2n) is 6.05. The number of hydrogen-bond donors (Lipinski definition) is 2. The van der Waals surface area contributed by atoms with Crippen LogP contribution in [0.1, 0.15) is 5.56 Å². The SMILES string of the molecule is Oc1ccc(Br)cc1C=Nc1ccc(-c2nnc(Nc3ccc(Br)cc3)s2)cc1. The molecule has 1 heterocycles. The van der Waals surface area contributed by atoms with Gasteiger partial charge in [0.2, 0.25) is 5.13 Å². The number of phenols is 1. The first-order chi connectivity index (χ1) is 14.1. The van der Waals surface area contributed by atoms with E-state index in [4.69, 9.17) is 0 Å². The fraction of sp³-hybridized carbons (Fsp3) is 0. The molecule has 3 aromatic carbocycles. The van der Waals surface area contributed by atoms with Crippen LogP contribution in [0, 0.1) is 0 Å². The van der Waals surface area contributed by atoms with Crippen molar-refractivity contribution in [2.75, 3.05) is 5.32 Å². The first-order valence-corrected chi connectivity index (χ1v) is 11.0. The maximum atomic E-state index is 9.89. The number of halogens is 2. The molecule has 4 aromatic rings. The van der Waals surface area contributed by atoms with Crippen LogP contribution >= 0.6 is 43.2 Å². The summed E-state index contributed by atoms with van der Waals surface area (Å²) >= 11 is 8.30. The van der Waals surface area contributed by atoms with Crippen LogP contribution in [-0.4, -0.2) is 21.5 Å². The molecular formula is C21H14Br2N4OS. The van der Waals surface area contributed by atoms with Crippen molar-refractivity contribution in [1.82, 2.24) is 10.2 Å². The summed E-state index contributed by atoms with van der Waals surface area (Å²) in [5.41, 5.74) is 3.36. The van der Waals surface area contributed by atoms with Crippen LogP contribution < -0.4 is 5.32 Å². The normalized spacial score (nSPS) is 11.1. The van der Waals surface area contributed by atoms with Crippen molar-refractivity contribution in [3.05, 3.63) is 81.2 Å². The van der Waals surface area contributed by atoms with Crippen molar-refractivity contribution < 1.29 is 5.11 Å². The van der Waals surface area contributed by atoms with Crippen LogP contribution in [0.25, 0.3) is 10.6 Å². The van der Waals surface area contributed by atoms with Gasteiger partial charge in [-0.3, -0.25) is 4.99 Å². The van der Waals surface area contributed by atoms with E-state index < -0.39 is 0 Å². The molecule has 144 valence electrons. The third-order valence-corrected chi connectivity index (χ3v) is 5.89. The molecule has 1 aromatic heterocycles. The van der Waals surface area contributed by atoms with E-state index >= 15 is 0 Å². The highest BCUT2D eigenvalue weighted by atomic mass is 79.9. The molecule has 0 aliphatic carbocycles. The minimum Gasteiger partial charge on any atom is -0.507 e. The van der Waals surface area contributed by atoms with Gasteiger partial charge in [-0.1, -0.05) is 43.2 Å². The van der Waals surface area contributed by atoms with Gasteiger partial charge in [-0.05, 0) is 66.7 Å². The first-order valence-electron chi connectivity index (χ1n) is 8.56. The lowest BCUT2D eigenvalue weighted by Crippen LogP contribution is -1.88. The second kappa shape index (κ2) is 8.86. The molecule has 0 aliphatic rings. The minimum absolute atomic E-state index is 0.188. The van der Waals surface area contributed by atoms with Crippen molar-refractivity contribution in [3.8, 4) is 16.3 Å². The van der Waals surface area contributed by atoms with E-state index in [9.17, 15) is 5.11 Å². The second-order valence-corrected chi connectivity index (χ2v) is 8.86. The number of aliphatic imine (C=N–C) groups is 1. The number of hydrogen-bond acceptors (Lipinski definition) is 6. The monoisotopic (exact) mass is 528 g/mol. The fourth-order valence-corrected chi connectivity index (χ4v) is 3.92. The molecule has 0 unspecified atom stereocenters. The molecular weight excluding hydrogens is 516 g/mol. The number of benzene rings is 3. The lowest BCUT2D eigenvalue weighted by molar-refractivity contribution is 0.474. The van der Waals surface area contributed by atoms with Crippen molar-refractivity contribution in [2.45, 2.75) is 0 Å². The zero-order chi connectivity index (χ0) is 20.2. The number of nitrogens with one attached hydrogen (secondary N) is 1. The van der Waals surface area contributed by atoms with Crippen LogP contribution in [0.15, 0.2) is 80.7 Å². The summed E-state index contributed by atoms with van der Waals surface area (Å²) in [7, 11) is 0. The molecule has 0 fully saturated rings. The Balaban J connectivity index is 1.46. The summed E-state index contributed by atoms with van der Waals surface area (Å²) in [5.74, 6) is 0.188. The highest BCUT2D eigenvalue weighted by molar-refractivity contribution is 9.10. The molecule has 4 rings (SSSR count). The lowest BCUT2D eigenvalue weighted by Gasteiger charge is -2.01. The van der Waals surface area contributed by atoms with E-state index in [-0.39, 0.29) is 5.75 Å². The number of phenolic OH excluding ortho intramolecular Hbond substituents is 1. The van der Waals surface area contributed by atoms with Gasteiger partial charge in [0.1, 0.15) is 10.8 Å². The van der Waals surface area contributed by atoms with Gasteiger partial charge in [0, 0.05) is 32.0 Å². The van der Waals surface area contributed by atoms with E-state index in [0.717, 1.165) is 36.0 Å². The molecule has 5 nitrogen and oxygen atoms in total. The van der Waals surface area contributed by atoms with E-state index in [1.54, 1.807) is 18.3 Å². The summed E-state index contributed by atoms with van der Waals surface area (Å²) in [4.78, 5) is 4.43. The number of aromatic hydroxyl groups is 1. The van der Waals surface area contributed by atoms with E-state index in [2.05, 4.69) is 52.4 Å². The Morgan fingerprint density at radius 2 is 1.62 bits per heavy atom. The molecule has 0 aliphatic heterocycles. The molecule has 0 saturated carbocycles. The van der Waals surface area contributed by atoms with Gasteiger partial charge in [-0.2, -0.15) is 0 Å². The van der Waals surface area contributed by atoms with Gasteiger partial charge >= 0.3 is 0 Å². The first kappa shape index (κ1) is 19.8. The standard InChI is InChI=1S/C21H14Br2N4OS/c22-15-3-8-18(9-4-15)25-21-27-26-20(29-21)13-1-6-17(7-2-13)24-12-14-11-16(23)5-10-19(14)28/h1-12,28H,(H,25,27). The summed E-state index contributed by atoms with van der Waals surface area (Å²) in [6.45, 7) is 0. The maximum Gasteiger partial charge on any atom is 0.210 e. The number of anilines is 2. The largest absolute Gasteiger partial charge is 0.507 e. The Morgan fingerprint density at radius 1 is 0.897 bits per heavy atom. The van der Waals surface area contributed by atoms with Crippen molar-refractivity contribution in [3.63, 3.8) is 0 Å². The predicted octanol–water partition coefficient (Wildman–Crippen LogP) is 6.93. The Bertz CT molecular complexity index is 1160. The highest BCUT2D eigenvalue weighted by Gasteiger charge is 2.07. The van der Waals surface area contributed by atoms with E-state index in [1.807, 2.05) is 54.6 Å². The topological polar surface area (TPSA) is 70.4 Å². The van der Waals surface area contributed by atoms with Crippen molar-refractivity contribution in [1.29, 1.82) is 0 Å². The van der Waals surface area contributed by atoms with E-state index in [1.165, 1.54) is 11.3 Å². The molecule has 0 radical (unpaired) electrons. The Morgan fingerprint density at radius 3 is 2.38 bits per heavy atom. The molecule has 0 amide bonds. The van der Waals surface area contributed by atoms with Gasteiger partial charge in [0.15, 0.2) is 0 Å². The van der Waals surface area contributed by atoms with Crippen LogP contribution in [-0.2, 0) is 0 Å². The summed E-state index contributed by atoms with van der Waals surface area (Å²) in [5, 5.41) is 23.2. The highest BCUT2D eigenvalue weighted by Crippen LogP contribution is 2.30. The van der Waals surface area contributed by atoms with Crippen LogP contribution in [0.5, 0.6) is 5.75 Å². The molecule has 29 heavy (non-hydrogen) atoms. The van der Waals surface area contributed by atoms with Gasteiger partial charge in [-0.25, -0.2) is 0 Å². The molecule has 0 atom stereocenters. The van der Waals surface area contributed by atoms with Crippen molar-refractivity contribution >= 4 is 65.9 Å². The summed E-state index contributed by atoms with van der Waals surface area (Å²) < 4.78 is 1.91. The number of aromatic nitrogens is 2. The number of rotatable bonds is 5. The zero-order valence-electron chi connectivity index (χ0n) is 14.9. The van der Waals surface area contributed by atoms with Crippen LogP contribution in [0.3, 0.4) is 0 Å². The van der Waals surface area contributed by atoms with Gasteiger partial charge in [0.05, 0.1) is 5.69 Å². The average Bonchev–Trinajstić information content (AvgIpc) is 3.19. The third kappa shape index (κ3) is 5.09. The Kier molecular flexibility index (Phi) is 6.03. The van der Waals surface area contributed by atoms with Gasteiger partial charge in [0.25, 0.3) is 0 Å².